The smallest absolute Gasteiger partial charge is 0.407 e. The minimum atomic E-state index is -3.13. The number of nitrogens with one attached hydrogen (secondary N) is 4. The standard InChI is InChI=1S/C34H40F2N6.C5H10O.C4H7NO3.C3H5NO2.C3H8.C2H6O/c1-6-15-41(4)17-14-38-32(21-37-3)25-9-12-27-26-11-8-23(18-28(26)34(35,36)29(27)19-25)24-10-13-30-31(20-24)40-33(39-30)22-42(5)16-7-2;1-2-4-6-5-3-1;1-8-4(7)5-2-3-6;5-2-1-4-3-6;2*1-3-2/h8-13,18-21,38H,3,6-7,14-17,22H2,1-2,4-5H3,(H,39,40);1-5H2;3H,2H2,1H3,(H,5,7);2-3H,1H2,(H,4,6);3H2,1-2H3;1-2H3/b32-21-;;;;;. The summed E-state index contributed by atoms with van der Waals surface area (Å²) in [6.07, 6.45) is 10.0. The highest BCUT2D eigenvalue weighted by Gasteiger charge is 2.44. The summed E-state index contributed by atoms with van der Waals surface area (Å²) >= 11 is 0. The van der Waals surface area contributed by atoms with Crippen molar-refractivity contribution in [1.82, 2.24) is 35.7 Å². The number of amides is 2. The molecule has 2 amide bonds. The molecule has 15 nitrogen and oxygen atoms in total. The summed E-state index contributed by atoms with van der Waals surface area (Å²) in [5, 5.41) is 7.66. The van der Waals surface area contributed by atoms with Crippen LogP contribution in [0.25, 0.3) is 39.0 Å². The molecular formula is C51H76F2N8O7. The number of carbonyl (C=O) groups is 4. The number of hydrogen-bond donors (Lipinski definition) is 4. The summed E-state index contributed by atoms with van der Waals surface area (Å²) < 4.78 is 45.5. The number of ether oxygens (including phenoxy) is 3. The van der Waals surface area contributed by atoms with Gasteiger partial charge >= 0.3 is 6.09 Å². The first-order chi connectivity index (χ1) is 32.8. The van der Waals surface area contributed by atoms with Gasteiger partial charge in [-0.2, -0.15) is 8.78 Å². The first kappa shape index (κ1) is 60.1. The molecule has 0 unspecified atom stereocenters. The predicted octanol–water partition coefficient (Wildman–Crippen LogP) is 8.46. The molecule has 1 aromatic heterocycles. The molecule has 0 spiro atoms. The molecule has 1 aliphatic carbocycles. The molecule has 2 aliphatic rings. The molecule has 3 aromatic carbocycles. The third kappa shape index (κ3) is 21.4. The maximum Gasteiger partial charge on any atom is 0.407 e. The van der Waals surface area contributed by atoms with Crippen molar-refractivity contribution in [2.24, 2.45) is 4.99 Å². The van der Waals surface area contributed by atoms with Gasteiger partial charge in [-0.05, 0) is 118 Å². The van der Waals surface area contributed by atoms with E-state index in [1.165, 1.54) is 32.8 Å². The van der Waals surface area contributed by atoms with Gasteiger partial charge in [-0.1, -0.05) is 64.4 Å². The van der Waals surface area contributed by atoms with Crippen LogP contribution in [0, 0.1) is 0 Å². The van der Waals surface area contributed by atoms with Gasteiger partial charge in [0.25, 0.3) is 5.92 Å². The summed E-state index contributed by atoms with van der Waals surface area (Å²) in [5.74, 6) is -2.23. The first-order valence-electron chi connectivity index (χ1n) is 23.1. The Kier molecular flexibility index (Phi) is 31.2. The zero-order valence-corrected chi connectivity index (χ0v) is 41.7. The van der Waals surface area contributed by atoms with Crippen molar-refractivity contribution in [3.63, 3.8) is 0 Å². The molecule has 2 heterocycles. The molecule has 4 aromatic rings. The Morgan fingerprint density at radius 3 is 1.96 bits per heavy atom. The van der Waals surface area contributed by atoms with Crippen LogP contribution in [0.15, 0.2) is 65.8 Å². The van der Waals surface area contributed by atoms with Crippen molar-refractivity contribution in [1.29, 1.82) is 0 Å². The molecule has 17 heteroatoms. The van der Waals surface area contributed by atoms with Crippen molar-refractivity contribution in [3.8, 4) is 22.3 Å². The van der Waals surface area contributed by atoms with Crippen molar-refractivity contribution >= 4 is 48.5 Å². The quantitative estimate of drug-likeness (QED) is 0.0427. The van der Waals surface area contributed by atoms with E-state index in [1.807, 2.05) is 36.4 Å². The lowest BCUT2D eigenvalue weighted by Gasteiger charge is -2.18. The van der Waals surface area contributed by atoms with E-state index in [9.17, 15) is 19.2 Å². The number of rotatable bonds is 18. The number of aromatic nitrogens is 2. The van der Waals surface area contributed by atoms with Crippen molar-refractivity contribution < 1.29 is 42.2 Å². The number of methoxy groups -OCH3 is 2. The maximum atomic E-state index is 16.0. The van der Waals surface area contributed by atoms with Crippen LogP contribution in [0.4, 0.5) is 13.6 Å². The second-order valence-corrected chi connectivity index (χ2v) is 15.7. The van der Waals surface area contributed by atoms with Crippen LogP contribution < -0.4 is 16.0 Å². The highest BCUT2D eigenvalue weighted by atomic mass is 19.3. The second kappa shape index (κ2) is 35.3. The fourth-order valence-electron chi connectivity index (χ4n) is 6.77. The molecule has 0 atom stereocenters. The monoisotopic (exact) mass is 951 g/mol. The van der Waals surface area contributed by atoms with Gasteiger partial charge in [0.2, 0.25) is 6.41 Å². The number of nitrogens with zero attached hydrogens (tertiary/aromatic N) is 4. The average molecular weight is 951 g/mol. The Labute approximate surface area is 402 Å². The molecule has 0 radical (unpaired) electrons. The van der Waals surface area contributed by atoms with Crippen molar-refractivity contribution in [2.45, 2.75) is 78.7 Å². The van der Waals surface area contributed by atoms with Crippen molar-refractivity contribution in [2.75, 3.05) is 87.9 Å². The Balaban J connectivity index is 0.000000722. The number of aliphatic imine (C=N–C) groups is 1. The number of hydrogen-bond acceptors (Lipinski definition) is 12. The highest BCUT2D eigenvalue weighted by Crippen LogP contribution is 2.52. The minimum Gasteiger partial charge on any atom is -0.453 e. The number of H-pyrrole nitrogens is 1. The van der Waals surface area contributed by atoms with Gasteiger partial charge in [0, 0.05) is 57.8 Å². The van der Waals surface area contributed by atoms with Crippen LogP contribution in [0.3, 0.4) is 0 Å². The largest absolute Gasteiger partial charge is 0.453 e. The number of carbonyl (C=O) groups excluding carboxylic acids is 4. The van der Waals surface area contributed by atoms with Gasteiger partial charge in [-0.3, -0.25) is 14.7 Å². The second-order valence-electron chi connectivity index (χ2n) is 15.7. The highest BCUT2D eigenvalue weighted by molar-refractivity contribution is 5.86. The summed E-state index contributed by atoms with van der Waals surface area (Å²) in [7, 11) is 8.63. The number of halogens is 2. The van der Waals surface area contributed by atoms with Crippen LogP contribution in [0.5, 0.6) is 0 Å². The maximum absolute atomic E-state index is 16.0. The van der Waals surface area contributed by atoms with Crippen LogP contribution in [0.2, 0.25) is 0 Å². The number of benzene rings is 3. The number of fused-ring (bicyclic) bond motifs is 4. The number of alkyl halides is 2. The van der Waals surface area contributed by atoms with E-state index in [0.29, 0.717) is 47.9 Å². The molecule has 1 saturated heterocycles. The molecule has 1 fully saturated rings. The summed E-state index contributed by atoms with van der Waals surface area (Å²) in [6, 6.07) is 16.5. The Bertz CT molecular complexity index is 2090. The SMILES string of the molecule is C1CCOCC1.C=N/C=C(\NCCN(C)CCC)c1ccc2c(c1)C(F)(F)c1cc(-c3ccc4nc(CN(C)CCC)[nH]c4c3)ccc1-2.CCC.COC.COC(=O)NCC=O.O=CCNC=O. The van der Waals surface area contributed by atoms with E-state index in [1.54, 1.807) is 38.6 Å². The van der Waals surface area contributed by atoms with Gasteiger partial charge in [0.05, 0.1) is 43.5 Å². The lowest BCUT2D eigenvalue weighted by atomic mass is 9.98. The van der Waals surface area contributed by atoms with Crippen LogP contribution in [-0.4, -0.2) is 139 Å². The van der Waals surface area contributed by atoms with Crippen LogP contribution >= 0.6 is 0 Å². The Morgan fingerprint density at radius 1 is 0.838 bits per heavy atom. The normalized spacial score (nSPS) is 12.8. The van der Waals surface area contributed by atoms with E-state index < -0.39 is 12.0 Å². The number of alkyl carbamates (subject to hydrolysis) is 1. The van der Waals surface area contributed by atoms with E-state index in [2.05, 4.69) is 93.7 Å². The van der Waals surface area contributed by atoms with Gasteiger partial charge in [-0.25, -0.2) is 9.78 Å². The molecule has 0 saturated carbocycles. The van der Waals surface area contributed by atoms with E-state index in [4.69, 9.17) is 9.72 Å². The Hall–Kier alpha value is -5.88. The third-order valence-corrected chi connectivity index (χ3v) is 9.72. The van der Waals surface area contributed by atoms with Gasteiger partial charge in [0.1, 0.15) is 18.4 Å². The lowest BCUT2D eigenvalue weighted by molar-refractivity contribution is -0.113. The van der Waals surface area contributed by atoms with E-state index in [-0.39, 0.29) is 24.2 Å². The fraction of sp³-hybridized carbons (Fsp3) is 0.490. The average Bonchev–Trinajstić information content (AvgIpc) is 3.84. The molecule has 0 bridgehead atoms. The summed E-state index contributed by atoms with van der Waals surface area (Å²) in [6.45, 7) is 18.5. The summed E-state index contributed by atoms with van der Waals surface area (Å²) in [4.78, 5) is 54.8. The zero-order chi connectivity index (χ0) is 50.7. The minimum absolute atomic E-state index is 0.00662. The molecule has 1 aliphatic heterocycles. The predicted molar refractivity (Wildman–Crippen MR) is 270 cm³/mol. The summed E-state index contributed by atoms with van der Waals surface area (Å²) in [5.41, 5.74) is 5.89. The van der Waals surface area contributed by atoms with Gasteiger partial charge in [0.15, 0.2) is 0 Å². The number of aldehydes is 2. The van der Waals surface area contributed by atoms with Crippen molar-refractivity contribution in [3.05, 3.63) is 83.3 Å². The molecule has 6 rings (SSSR count). The first-order valence-corrected chi connectivity index (χ1v) is 23.1. The number of imidazole rings is 1. The molecule has 376 valence electrons. The topological polar surface area (TPSA) is 180 Å². The lowest BCUT2D eigenvalue weighted by Crippen LogP contribution is -2.29. The van der Waals surface area contributed by atoms with E-state index in [0.717, 1.165) is 80.2 Å². The third-order valence-electron chi connectivity index (χ3n) is 9.72. The van der Waals surface area contributed by atoms with Gasteiger partial charge < -0.3 is 49.6 Å². The zero-order valence-electron chi connectivity index (χ0n) is 41.7. The van der Waals surface area contributed by atoms with E-state index >= 15 is 8.78 Å². The van der Waals surface area contributed by atoms with Gasteiger partial charge in [-0.15, -0.1) is 0 Å². The Morgan fingerprint density at radius 2 is 1.43 bits per heavy atom. The molecule has 4 N–H and O–H groups in total. The number of aromatic amines is 1. The fourth-order valence-corrected chi connectivity index (χ4v) is 6.77. The van der Waals surface area contributed by atoms with Crippen LogP contribution in [0.1, 0.15) is 88.7 Å². The van der Waals surface area contributed by atoms with Crippen LogP contribution in [-0.2, 0) is 41.1 Å². The molecular weight excluding hydrogens is 875 g/mol. The number of likely N-dealkylation sites (N-methyl/N-ethyl adjacent to an activating group) is 1. The molecule has 68 heavy (non-hydrogen) atoms.